The highest BCUT2D eigenvalue weighted by atomic mass is 16.4. The Bertz CT molecular complexity index is 555. The lowest BCUT2D eigenvalue weighted by Crippen LogP contribution is -2.38. The molecule has 0 radical (unpaired) electrons. The molecule has 4 heteroatoms. The highest BCUT2D eigenvalue weighted by Gasteiger charge is 2.38. The Kier molecular flexibility index (Phi) is 3.95. The van der Waals surface area contributed by atoms with E-state index in [4.69, 9.17) is 0 Å². The van der Waals surface area contributed by atoms with Crippen molar-refractivity contribution < 1.29 is 14.7 Å². The molecule has 1 aromatic carbocycles. The summed E-state index contributed by atoms with van der Waals surface area (Å²) in [4.78, 5) is 23.7. The van der Waals surface area contributed by atoms with Gasteiger partial charge in [-0.2, -0.15) is 0 Å². The second-order valence-corrected chi connectivity index (χ2v) is 6.13. The zero-order valence-corrected chi connectivity index (χ0v) is 12.0. The van der Waals surface area contributed by atoms with Gasteiger partial charge in [-0.15, -0.1) is 0 Å². The Balaban J connectivity index is 1.73. The number of aryl methyl sites for hydroxylation is 1. The number of aliphatic carboxylic acids is 1. The summed E-state index contributed by atoms with van der Waals surface area (Å²) in [6.45, 7) is 0. The van der Waals surface area contributed by atoms with Crippen LogP contribution in [-0.2, 0) is 16.0 Å². The number of hydrogen-bond acceptors (Lipinski definition) is 2. The predicted molar refractivity (Wildman–Crippen MR) is 78.7 cm³/mol. The van der Waals surface area contributed by atoms with Crippen LogP contribution in [0.1, 0.15) is 49.3 Å². The molecule has 1 fully saturated rings. The summed E-state index contributed by atoms with van der Waals surface area (Å²) < 4.78 is 0. The molecule has 2 N–H and O–H groups in total. The maximum Gasteiger partial charge on any atom is 0.307 e. The van der Waals surface area contributed by atoms with Crippen molar-refractivity contribution in [2.75, 3.05) is 0 Å². The Morgan fingerprint density at radius 1 is 1.05 bits per heavy atom. The largest absolute Gasteiger partial charge is 0.481 e. The van der Waals surface area contributed by atoms with E-state index in [9.17, 15) is 14.7 Å². The van der Waals surface area contributed by atoms with Gasteiger partial charge in [-0.3, -0.25) is 9.59 Å². The molecule has 1 saturated carbocycles. The second kappa shape index (κ2) is 5.88. The van der Waals surface area contributed by atoms with Crippen molar-refractivity contribution in [2.24, 2.45) is 11.8 Å². The first-order chi connectivity index (χ1) is 10.2. The van der Waals surface area contributed by atoms with Crippen LogP contribution in [0, 0.1) is 11.8 Å². The van der Waals surface area contributed by atoms with E-state index in [0.717, 1.165) is 25.7 Å². The van der Waals surface area contributed by atoms with Crippen molar-refractivity contribution in [2.45, 2.75) is 44.6 Å². The van der Waals surface area contributed by atoms with Crippen LogP contribution in [0.4, 0.5) is 0 Å². The lowest BCUT2D eigenvalue weighted by molar-refractivity contribution is -0.146. The third-order valence-electron chi connectivity index (χ3n) is 4.86. The first-order valence-electron chi connectivity index (χ1n) is 7.78. The predicted octanol–water partition coefficient (Wildman–Crippen LogP) is 2.68. The Hall–Kier alpha value is -1.84. The van der Waals surface area contributed by atoms with Gasteiger partial charge in [-0.05, 0) is 43.2 Å². The van der Waals surface area contributed by atoms with E-state index >= 15 is 0 Å². The van der Waals surface area contributed by atoms with Crippen molar-refractivity contribution >= 4 is 11.9 Å². The maximum absolute atomic E-state index is 12.5. The van der Waals surface area contributed by atoms with Crippen molar-refractivity contribution in [1.82, 2.24) is 5.32 Å². The molecule has 2 aliphatic carbocycles. The van der Waals surface area contributed by atoms with E-state index in [1.54, 1.807) is 0 Å². The molecule has 112 valence electrons. The van der Waals surface area contributed by atoms with E-state index in [0.29, 0.717) is 12.8 Å². The Labute approximate surface area is 124 Å². The van der Waals surface area contributed by atoms with Crippen LogP contribution < -0.4 is 5.32 Å². The standard InChI is InChI=1S/C17H21NO3/c19-16(13-8-4-9-14(13)17(20)21)18-15-10-3-6-11-5-1-2-7-12(11)15/h1-2,5,7,13-15H,3-4,6,8-10H2,(H,18,19)(H,20,21)/t13?,14?,15-/m1/s1. The fraction of sp³-hybridized carbons (Fsp3) is 0.529. The average Bonchev–Trinajstić information content (AvgIpc) is 2.97. The van der Waals surface area contributed by atoms with Gasteiger partial charge >= 0.3 is 5.97 Å². The van der Waals surface area contributed by atoms with Gasteiger partial charge in [0.1, 0.15) is 0 Å². The highest BCUT2D eigenvalue weighted by molar-refractivity contribution is 5.85. The summed E-state index contributed by atoms with van der Waals surface area (Å²) in [5, 5.41) is 12.3. The first kappa shape index (κ1) is 14.1. The van der Waals surface area contributed by atoms with Crippen molar-refractivity contribution in [1.29, 1.82) is 0 Å². The van der Waals surface area contributed by atoms with Crippen molar-refractivity contribution in [3.63, 3.8) is 0 Å². The molecule has 3 atom stereocenters. The molecule has 0 aliphatic heterocycles. The van der Waals surface area contributed by atoms with Gasteiger partial charge in [-0.1, -0.05) is 30.7 Å². The van der Waals surface area contributed by atoms with Crippen molar-refractivity contribution in [3.05, 3.63) is 35.4 Å². The van der Waals surface area contributed by atoms with Gasteiger partial charge in [0.15, 0.2) is 0 Å². The number of benzene rings is 1. The smallest absolute Gasteiger partial charge is 0.307 e. The summed E-state index contributed by atoms with van der Waals surface area (Å²) in [6, 6.07) is 8.25. The molecule has 1 aromatic rings. The van der Waals surface area contributed by atoms with Crippen LogP contribution in [0.15, 0.2) is 24.3 Å². The number of carboxylic acid groups (broad SMARTS) is 1. The molecule has 0 saturated heterocycles. The third kappa shape index (κ3) is 2.80. The van der Waals surface area contributed by atoms with Crippen LogP contribution in [0.25, 0.3) is 0 Å². The summed E-state index contributed by atoms with van der Waals surface area (Å²) in [6.07, 6.45) is 5.20. The van der Waals surface area contributed by atoms with Crippen LogP contribution in [0.3, 0.4) is 0 Å². The van der Waals surface area contributed by atoms with Gasteiger partial charge < -0.3 is 10.4 Å². The number of carbonyl (C=O) groups is 2. The molecule has 3 rings (SSSR count). The highest BCUT2D eigenvalue weighted by Crippen LogP contribution is 2.34. The summed E-state index contributed by atoms with van der Waals surface area (Å²) >= 11 is 0. The molecule has 0 bridgehead atoms. The molecule has 4 nitrogen and oxygen atoms in total. The average molecular weight is 287 g/mol. The van der Waals surface area contributed by atoms with Gasteiger partial charge in [0.2, 0.25) is 5.91 Å². The molecule has 0 heterocycles. The molecule has 0 aromatic heterocycles. The fourth-order valence-corrected chi connectivity index (χ4v) is 3.75. The number of fused-ring (bicyclic) bond motifs is 1. The molecule has 0 spiro atoms. The molecule has 21 heavy (non-hydrogen) atoms. The third-order valence-corrected chi connectivity index (χ3v) is 4.86. The van der Waals surface area contributed by atoms with Crippen LogP contribution in [0.2, 0.25) is 0 Å². The lowest BCUT2D eigenvalue weighted by atomic mass is 9.87. The van der Waals surface area contributed by atoms with Crippen LogP contribution >= 0.6 is 0 Å². The minimum absolute atomic E-state index is 0.0393. The molecular formula is C17H21NO3. The normalized spacial score (nSPS) is 27.9. The zero-order chi connectivity index (χ0) is 14.8. The first-order valence-corrected chi connectivity index (χ1v) is 7.78. The van der Waals surface area contributed by atoms with E-state index < -0.39 is 11.9 Å². The number of nitrogens with one attached hydrogen (secondary N) is 1. The summed E-state index contributed by atoms with van der Waals surface area (Å²) in [5.74, 6) is -1.79. The second-order valence-electron chi connectivity index (χ2n) is 6.13. The van der Waals surface area contributed by atoms with E-state index in [2.05, 4.69) is 17.4 Å². The minimum atomic E-state index is -0.836. The van der Waals surface area contributed by atoms with E-state index in [1.165, 1.54) is 11.1 Å². The monoisotopic (exact) mass is 287 g/mol. The summed E-state index contributed by atoms with van der Waals surface area (Å²) in [5.41, 5.74) is 2.50. The number of rotatable bonds is 3. The van der Waals surface area contributed by atoms with Gasteiger partial charge in [0, 0.05) is 0 Å². The Morgan fingerprint density at radius 2 is 1.81 bits per heavy atom. The zero-order valence-electron chi connectivity index (χ0n) is 12.0. The van der Waals surface area contributed by atoms with Gasteiger partial charge in [0.05, 0.1) is 17.9 Å². The van der Waals surface area contributed by atoms with Gasteiger partial charge in [0.25, 0.3) is 0 Å². The summed E-state index contributed by atoms with van der Waals surface area (Å²) in [7, 11) is 0. The maximum atomic E-state index is 12.5. The lowest BCUT2D eigenvalue weighted by Gasteiger charge is -2.28. The molecule has 2 aliphatic rings. The minimum Gasteiger partial charge on any atom is -0.481 e. The number of hydrogen-bond donors (Lipinski definition) is 2. The van der Waals surface area contributed by atoms with Gasteiger partial charge in [-0.25, -0.2) is 0 Å². The topological polar surface area (TPSA) is 66.4 Å². The molecule has 2 unspecified atom stereocenters. The number of carboxylic acids is 1. The Morgan fingerprint density at radius 3 is 2.62 bits per heavy atom. The molecule has 1 amide bonds. The number of carbonyl (C=O) groups excluding carboxylic acids is 1. The van der Waals surface area contributed by atoms with Crippen LogP contribution in [0.5, 0.6) is 0 Å². The fourth-order valence-electron chi connectivity index (χ4n) is 3.75. The van der Waals surface area contributed by atoms with Crippen LogP contribution in [-0.4, -0.2) is 17.0 Å². The van der Waals surface area contributed by atoms with E-state index in [1.807, 2.05) is 12.1 Å². The van der Waals surface area contributed by atoms with Crippen molar-refractivity contribution in [3.8, 4) is 0 Å². The quantitative estimate of drug-likeness (QED) is 0.898. The SMILES string of the molecule is O=C(O)C1CCCC1C(=O)N[C@@H]1CCCc2ccccc21. The molecular weight excluding hydrogens is 266 g/mol. The van der Waals surface area contributed by atoms with E-state index in [-0.39, 0.29) is 17.9 Å². The number of amides is 1.